The Morgan fingerprint density at radius 1 is 1.07 bits per heavy atom. The van der Waals surface area contributed by atoms with Crippen LogP contribution in [0.4, 0.5) is 0 Å². The average molecular weight is 436 g/mol. The maximum Gasteiger partial charge on any atom is 0.453 e. The number of ether oxygens (including phenoxy) is 2. The molecule has 0 aromatic heterocycles. The number of hydrogen-bond acceptors (Lipinski definition) is 6. The van der Waals surface area contributed by atoms with Gasteiger partial charge in [-0.2, -0.15) is 0 Å². The standard InChI is InChI=1S/C21H22ClNO7/c1-2-15(23-11-16(24)13-4-6-14(22)7-5-13)9-12-3-8-17-18(10-12)30-21(29-17,19(25)26)20(27)28/h3-8,10,15-16,23-24H,2,9,11H2,1H3,(H,25,26)(H,27,28). The largest absolute Gasteiger partial charge is 0.475 e. The normalized spacial score (nSPS) is 16.1. The number of aliphatic carboxylic acids is 2. The van der Waals surface area contributed by atoms with Crippen LogP contribution in [0.5, 0.6) is 11.5 Å². The van der Waals surface area contributed by atoms with Gasteiger partial charge in [-0.25, -0.2) is 9.59 Å². The Bertz CT molecular complexity index is 917. The van der Waals surface area contributed by atoms with Crippen LogP contribution in [-0.4, -0.2) is 45.6 Å². The number of carboxylic acid groups (broad SMARTS) is 2. The average Bonchev–Trinajstić information content (AvgIpc) is 3.12. The van der Waals surface area contributed by atoms with Crippen molar-refractivity contribution in [2.45, 2.75) is 37.7 Å². The van der Waals surface area contributed by atoms with Crippen LogP contribution < -0.4 is 14.8 Å². The highest BCUT2D eigenvalue weighted by atomic mass is 35.5. The van der Waals surface area contributed by atoms with Gasteiger partial charge in [0, 0.05) is 17.6 Å². The number of fused-ring (bicyclic) bond motifs is 1. The topological polar surface area (TPSA) is 125 Å². The molecule has 1 heterocycles. The molecule has 1 aliphatic heterocycles. The predicted molar refractivity (Wildman–Crippen MR) is 108 cm³/mol. The van der Waals surface area contributed by atoms with E-state index in [-0.39, 0.29) is 17.5 Å². The van der Waals surface area contributed by atoms with Crippen LogP contribution >= 0.6 is 11.6 Å². The Kier molecular flexibility index (Phi) is 6.50. The summed E-state index contributed by atoms with van der Waals surface area (Å²) in [6.07, 6.45) is 0.642. The van der Waals surface area contributed by atoms with Crippen LogP contribution in [0, 0.1) is 0 Å². The van der Waals surface area contributed by atoms with Gasteiger partial charge in [0.15, 0.2) is 11.5 Å². The maximum absolute atomic E-state index is 11.4. The summed E-state index contributed by atoms with van der Waals surface area (Å²) in [5.74, 6) is -6.13. The number of benzene rings is 2. The van der Waals surface area contributed by atoms with E-state index in [2.05, 4.69) is 5.32 Å². The zero-order valence-electron chi connectivity index (χ0n) is 16.2. The van der Waals surface area contributed by atoms with Crippen LogP contribution in [-0.2, 0) is 16.0 Å². The first-order valence-electron chi connectivity index (χ1n) is 9.39. The third-order valence-corrected chi connectivity index (χ3v) is 5.16. The monoisotopic (exact) mass is 435 g/mol. The van der Waals surface area contributed by atoms with Crippen molar-refractivity contribution in [1.82, 2.24) is 5.32 Å². The molecule has 160 valence electrons. The van der Waals surface area contributed by atoms with Crippen LogP contribution in [0.2, 0.25) is 5.02 Å². The molecule has 0 saturated heterocycles. The lowest BCUT2D eigenvalue weighted by Gasteiger charge is -2.20. The summed E-state index contributed by atoms with van der Waals surface area (Å²) in [6, 6.07) is 11.8. The van der Waals surface area contributed by atoms with Crippen molar-refractivity contribution in [1.29, 1.82) is 0 Å². The molecule has 2 unspecified atom stereocenters. The van der Waals surface area contributed by atoms with Crippen molar-refractivity contribution in [2.75, 3.05) is 6.54 Å². The van der Waals surface area contributed by atoms with Gasteiger partial charge in [-0.3, -0.25) is 0 Å². The van der Waals surface area contributed by atoms with Crippen molar-refractivity contribution in [3.63, 3.8) is 0 Å². The minimum Gasteiger partial charge on any atom is -0.475 e. The van der Waals surface area contributed by atoms with E-state index in [4.69, 9.17) is 21.1 Å². The molecule has 0 spiro atoms. The van der Waals surface area contributed by atoms with E-state index in [1.807, 2.05) is 6.92 Å². The Morgan fingerprint density at radius 3 is 2.30 bits per heavy atom. The number of carbonyl (C=O) groups is 2. The van der Waals surface area contributed by atoms with Crippen molar-refractivity contribution < 1.29 is 34.4 Å². The molecule has 9 heteroatoms. The highest BCUT2D eigenvalue weighted by Crippen LogP contribution is 2.40. The molecule has 0 radical (unpaired) electrons. The number of aliphatic hydroxyl groups excluding tert-OH is 1. The lowest BCUT2D eigenvalue weighted by molar-refractivity contribution is -0.194. The molecular formula is C21H22ClNO7. The van der Waals surface area contributed by atoms with Crippen LogP contribution in [0.3, 0.4) is 0 Å². The molecule has 2 aromatic carbocycles. The summed E-state index contributed by atoms with van der Waals surface area (Å²) < 4.78 is 10.2. The third kappa shape index (κ3) is 4.51. The Morgan fingerprint density at radius 2 is 1.70 bits per heavy atom. The fraction of sp³-hybridized carbons (Fsp3) is 0.333. The molecule has 3 rings (SSSR count). The zero-order chi connectivity index (χ0) is 21.9. The quantitative estimate of drug-likeness (QED) is 0.443. The molecule has 0 amide bonds. The number of carboxylic acids is 2. The van der Waals surface area contributed by atoms with E-state index in [1.165, 1.54) is 6.07 Å². The first-order valence-corrected chi connectivity index (χ1v) is 9.77. The Labute approximate surface area is 178 Å². The predicted octanol–water partition coefficient (Wildman–Crippen LogP) is 2.62. The molecular weight excluding hydrogens is 414 g/mol. The Hall–Kier alpha value is -2.81. The summed E-state index contributed by atoms with van der Waals surface area (Å²) in [6.45, 7) is 2.34. The van der Waals surface area contributed by atoms with E-state index in [1.54, 1.807) is 36.4 Å². The van der Waals surface area contributed by atoms with Gasteiger partial charge in [-0.15, -0.1) is 0 Å². The minimum absolute atomic E-state index is 0.0241. The van der Waals surface area contributed by atoms with Crippen molar-refractivity contribution in [3.8, 4) is 11.5 Å². The summed E-state index contributed by atoms with van der Waals surface area (Å²) >= 11 is 5.87. The molecule has 0 fully saturated rings. The summed E-state index contributed by atoms with van der Waals surface area (Å²) in [7, 11) is 0. The number of aliphatic hydroxyl groups is 1. The molecule has 0 aliphatic carbocycles. The smallest absolute Gasteiger partial charge is 0.453 e. The van der Waals surface area contributed by atoms with Crippen LogP contribution in [0.1, 0.15) is 30.6 Å². The SMILES string of the molecule is CCC(Cc1ccc2c(c1)OC(C(=O)O)(C(=O)O)O2)NCC(O)c1ccc(Cl)cc1. The molecule has 2 aromatic rings. The Balaban J connectivity index is 1.64. The van der Waals surface area contributed by atoms with Gasteiger partial charge in [0.2, 0.25) is 0 Å². The summed E-state index contributed by atoms with van der Waals surface area (Å²) in [5.41, 5.74) is 1.56. The van der Waals surface area contributed by atoms with E-state index in [9.17, 15) is 24.9 Å². The lowest BCUT2D eigenvalue weighted by atomic mass is 10.0. The van der Waals surface area contributed by atoms with E-state index in [0.29, 0.717) is 18.0 Å². The lowest BCUT2D eigenvalue weighted by Crippen LogP contribution is -2.54. The van der Waals surface area contributed by atoms with Crippen LogP contribution in [0.25, 0.3) is 0 Å². The molecule has 0 bridgehead atoms. The molecule has 30 heavy (non-hydrogen) atoms. The van der Waals surface area contributed by atoms with Crippen LogP contribution in [0.15, 0.2) is 42.5 Å². The van der Waals surface area contributed by atoms with Gasteiger partial charge in [0.1, 0.15) is 0 Å². The van der Waals surface area contributed by atoms with Gasteiger partial charge < -0.3 is 30.1 Å². The number of nitrogens with one attached hydrogen (secondary N) is 1. The van der Waals surface area contributed by atoms with Gasteiger partial charge in [0.25, 0.3) is 0 Å². The summed E-state index contributed by atoms with van der Waals surface area (Å²) in [5, 5.41) is 32.7. The molecule has 8 nitrogen and oxygen atoms in total. The number of rotatable bonds is 9. The zero-order valence-corrected chi connectivity index (χ0v) is 16.9. The summed E-state index contributed by atoms with van der Waals surface area (Å²) in [4.78, 5) is 22.7. The van der Waals surface area contributed by atoms with Gasteiger partial charge in [0.05, 0.1) is 6.10 Å². The second-order valence-corrected chi connectivity index (χ2v) is 7.43. The second kappa shape index (κ2) is 8.91. The maximum atomic E-state index is 11.4. The molecule has 4 N–H and O–H groups in total. The van der Waals surface area contributed by atoms with Crippen molar-refractivity contribution in [3.05, 3.63) is 58.6 Å². The van der Waals surface area contributed by atoms with Gasteiger partial charge >= 0.3 is 17.7 Å². The number of halogens is 1. The highest BCUT2D eigenvalue weighted by Gasteiger charge is 2.57. The van der Waals surface area contributed by atoms with Gasteiger partial charge in [-0.05, 0) is 48.2 Å². The third-order valence-electron chi connectivity index (χ3n) is 4.91. The highest BCUT2D eigenvalue weighted by molar-refractivity contribution is 6.30. The fourth-order valence-electron chi connectivity index (χ4n) is 3.17. The molecule has 0 saturated carbocycles. The van der Waals surface area contributed by atoms with E-state index >= 15 is 0 Å². The van der Waals surface area contributed by atoms with E-state index in [0.717, 1.165) is 17.5 Å². The molecule has 1 aliphatic rings. The molecule has 2 atom stereocenters. The fourth-order valence-corrected chi connectivity index (χ4v) is 3.29. The first-order chi connectivity index (χ1) is 14.2. The second-order valence-electron chi connectivity index (χ2n) is 7.00. The van der Waals surface area contributed by atoms with Gasteiger partial charge in [-0.1, -0.05) is 36.7 Å². The van der Waals surface area contributed by atoms with E-state index < -0.39 is 23.8 Å². The van der Waals surface area contributed by atoms with Crippen molar-refractivity contribution >= 4 is 23.5 Å². The van der Waals surface area contributed by atoms with Crippen molar-refractivity contribution in [2.24, 2.45) is 0 Å². The minimum atomic E-state index is -2.77. The first kappa shape index (κ1) is 21.9. The number of hydrogen-bond donors (Lipinski definition) is 4.